The van der Waals surface area contributed by atoms with Crippen LogP contribution in [0.2, 0.25) is 0 Å². The van der Waals surface area contributed by atoms with Crippen LogP contribution in [0, 0.1) is 23.0 Å². The van der Waals surface area contributed by atoms with Crippen LogP contribution in [0.3, 0.4) is 0 Å². The zero-order chi connectivity index (χ0) is 23.5. The van der Waals surface area contributed by atoms with E-state index in [0.29, 0.717) is 34.9 Å². The molecule has 172 valence electrons. The molecule has 0 bridgehead atoms. The van der Waals surface area contributed by atoms with Gasteiger partial charge in [0.05, 0.1) is 30.9 Å². The molecule has 1 fully saturated rings. The second-order valence-electron chi connectivity index (χ2n) is 8.13. The smallest absolute Gasteiger partial charge is 0.220 e. The fraction of sp³-hybridized carbons (Fsp3) is 0.360. The number of rotatable bonds is 6. The van der Waals surface area contributed by atoms with E-state index in [4.69, 9.17) is 25.6 Å². The van der Waals surface area contributed by atoms with Crippen molar-refractivity contribution in [2.75, 3.05) is 13.7 Å². The van der Waals surface area contributed by atoms with E-state index in [1.807, 2.05) is 17.7 Å². The number of nitrogens with two attached hydrogens (primary N) is 1. The number of ether oxygens (including phenoxy) is 2. The molecule has 0 atom stereocenters. The minimum atomic E-state index is -0.641. The zero-order valence-electron chi connectivity index (χ0n) is 18.6. The van der Waals surface area contributed by atoms with E-state index in [1.54, 1.807) is 18.2 Å². The fourth-order valence-electron chi connectivity index (χ4n) is 4.32. The molecule has 1 aliphatic carbocycles. The number of nitrogens with zero attached hydrogens (tertiary/aromatic N) is 3. The van der Waals surface area contributed by atoms with Gasteiger partial charge >= 0.3 is 0 Å². The molecule has 2 N–H and O–H groups in total. The molecular weight excluding hydrogens is 426 g/mol. The number of hydrogen-bond donors (Lipinski definition) is 1. The summed E-state index contributed by atoms with van der Waals surface area (Å²) in [6.45, 7) is 2.25. The Morgan fingerprint density at radius 2 is 1.79 bits per heavy atom. The summed E-state index contributed by atoms with van der Waals surface area (Å²) in [6.07, 6.45) is 3.40. The minimum absolute atomic E-state index is 0.0541. The first-order valence-electron chi connectivity index (χ1n) is 11.0. The molecule has 2 aromatic carbocycles. The quantitative estimate of drug-likeness (QED) is 0.554. The second kappa shape index (κ2) is 9.59. The molecule has 1 aliphatic rings. The third-order valence-electron chi connectivity index (χ3n) is 6.04. The number of hydrogen-bond acceptors (Lipinski definition) is 5. The highest BCUT2D eigenvalue weighted by molar-refractivity contribution is 5.85. The van der Waals surface area contributed by atoms with Crippen molar-refractivity contribution in [2.24, 2.45) is 5.73 Å². The van der Waals surface area contributed by atoms with Gasteiger partial charge in [-0.3, -0.25) is 0 Å². The maximum absolute atomic E-state index is 14.7. The van der Waals surface area contributed by atoms with Crippen LogP contribution in [-0.4, -0.2) is 29.5 Å². The molecule has 4 rings (SSSR count). The van der Waals surface area contributed by atoms with Gasteiger partial charge in [-0.15, -0.1) is 0 Å². The lowest BCUT2D eigenvalue weighted by atomic mass is 9.92. The lowest BCUT2D eigenvalue weighted by molar-refractivity contribution is 0.248. The standard InChI is InChI=1S/C25H26F2N4O2/c1-3-33-25-23(15-6-11-22(32-2)21(27)12-15)24(16-4-5-17(14-28)20(26)13-16)30-31(25)19-9-7-18(29)8-10-19/h4-6,11-13,18-19H,3,7-10,29H2,1-2H3. The first-order chi connectivity index (χ1) is 16.0. The average molecular weight is 453 g/mol. The highest BCUT2D eigenvalue weighted by atomic mass is 19.1. The number of nitriles is 1. The molecule has 0 unspecified atom stereocenters. The van der Waals surface area contributed by atoms with E-state index in [1.165, 1.54) is 25.3 Å². The molecule has 1 heterocycles. The summed E-state index contributed by atoms with van der Waals surface area (Å²) >= 11 is 0. The second-order valence-corrected chi connectivity index (χ2v) is 8.13. The van der Waals surface area contributed by atoms with Crippen LogP contribution in [-0.2, 0) is 0 Å². The number of aromatic nitrogens is 2. The highest BCUT2D eigenvalue weighted by Crippen LogP contribution is 2.44. The summed E-state index contributed by atoms with van der Waals surface area (Å²) in [7, 11) is 1.40. The van der Waals surface area contributed by atoms with Crippen molar-refractivity contribution in [2.45, 2.75) is 44.7 Å². The van der Waals surface area contributed by atoms with E-state index in [2.05, 4.69) is 0 Å². The van der Waals surface area contributed by atoms with Gasteiger partial charge in [0.1, 0.15) is 17.6 Å². The molecule has 0 aliphatic heterocycles. The topological polar surface area (TPSA) is 86.1 Å². The number of methoxy groups -OCH3 is 1. The van der Waals surface area contributed by atoms with E-state index in [0.717, 1.165) is 25.7 Å². The summed E-state index contributed by atoms with van der Waals surface area (Å²) < 4.78 is 42.1. The Morgan fingerprint density at radius 1 is 1.09 bits per heavy atom. The van der Waals surface area contributed by atoms with Gasteiger partial charge in [0, 0.05) is 11.6 Å². The SMILES string of the molecule is CCOc1c(-c2ccc(OC)c(F)c2)c(-c2ccc(C#N)c(F)c2)nn1C1CCC(N)CC1. The van der Waals surface area contributed by atoms with Crippen molar-refractivity contribution in [3.05, 3.63) is 53.6 Å². The van der Waals surface area contributed by atoms with Gasteiger partial charge in [-0.1, -0.05) is 12.1 Å². The summed E-state index contributed by atoms with van der Waals surface area (Å²) in [5.74, 6) is -0.539. The maximum atomic E-state index is 14.7. The predicted molar refractivity (Wildman–Crippen MR) is 121 cm³/mol. The van der Waals surface area contributed by atoms with Crippen LogP contribution in [0.25, 0.3) is 22.4 Å². The third kappa shape index (κ3) is 4.41. The van der Waals surface area contributed by atoms with Crippen LogP contribution in [0.15, 0.2) is 36.4 Å². The van der Waals surface area contributed by atoms with Gasteiger partial charge in [0.25, 0.3) is 0 Å². The van der Waals surface area contributed by atoms with Crippen molar-refractivity contribution in [3.8, 4) is 40.1 Å². The molecule has 33 heavy (non-hydrogen) atoms. The highest BCUT2D eigenvalue weighted by Gasteiger charge is 2.29. The number of benzene rings is 2. The van der Waals surface area contributed by atoms with Crippen molar-refractivity contribution in [1.29, 1.82) is 5.26 Å². The molecule has 3 aromatic rings. The zero-order valence-corrected chi connectivity index (χ0v) is 18.6. The van der Waals surface area contributed by atoms with Crippen LogP contribution in [0.5, 0.6) is 11.6 Å². The Labute approximate surface area is 191 Å². The van der Waals surface area contributed by atoms with Crippen molar-refractivity contribution in [1.82, 2.24) is 9.78 Å². The summed E-state index contributed by atoms with van der Waals surface area (Å²) in [5.41, 5.74) is 8.08. The van der Waals surface area contributed by atoms with Crippen LogP contribution in [0.1, 0.15) is 44.2 Å². The lowest BCUT2D eigenvalue weighted by Gasteiger charge is -2.27. The monoisotopic (exact) mass is 452 g/mol. The first-order valence-corrected chi connectivity index (χ1v) is 11.0. The molecular formula is C25H26F2N4O2. The summed E-state index contributed by atoms with van der Waals surface area (Å²) in [4.78, 5) is 0. The van der Waals surface area contributed by atoms with E-state index < -0.39 is 11.6 Å². The summed E-state index contributed by atoms with van der Waals surface area (Å²) in [5, 5.41) is 13.9. The summed E-state index contributed by atoms with van der Waals surface area (Å²) in [6, 6.07) is 11.0. The third-order valence-corrected chi connectivity index (χ3v) is 6.04. The fourth-order valence-corrected chi connectivity index (χ4v) is 4.32. The van der Waals surface area contributed by atoms with E-state index in [-0.39, 0.29) is 23.4 Å². The molecule has 0 spiro atoms. The Balaban J connectivity index is 1.94. The van der Waals surface area contributed by atoms with Gasteiger partial charge in [0.2, 0.25) is 5.88 Å². The molecule has 8 heteroatoms. The average Bonchev–Trinajstić information content (AvgIpc) is 3.19. The van der Waals surface area contributed by atoms with Crippen molar-refractivity contribution < 1.29 is 18.3 Å². The van der Waals surface area contributed by atoms with Crippen LogP contribution >= 0.6 is 0 Å². The minimum Gasteiger partial charge on any atom is -0.494 e. The Bertz CT molecular complexity index is 1190. The van der Waals surface area contributed by atoms with Crippen molar-refractivity contribution in [3.63, 3.8) is 0 Å². The van der Waals surface area contributed by atoms with Gasteiger partial charge < -0.3 is 15.2 Å². The van der Waals surface area contributed by atoms with E-state index >= 15 is 0 Å². The maximum Gasteiger partial charge on any atom is 0.220 e. The normalized spacial score (nSPS) is 18.1. The molecule has 0 radical (unpaired) electrons. The molecule has 1 saturated carbocycles. The van der Waals surface area contributed by atoms with Crippen LogP contribution < -0.4 is 15.2 Å². The predicted octanol–water partition coefficient (Wildman–Crippen LogP) is 5.22. The number of halogens is 2. The molecule has 0 saturated heterocycles. The Kier molecular flexibility index (Phi) is 6.61. The lowest BCUT2D eigenvalue weighted by Crippen LogP contribution is -2.28. The van der Waals surface area contributed by atoms with Gasteiger partial charge in [-0.05, 0) is 62.4 Å². The first kappa shape index (κ1) is 22.7. The molecule has 0 amide bonds. The Morgan fingerprint density at radius 3 is 2.39 bits per heavy atom. The Hall–Kier alpha value is -3.44. The van der Waals surface area contributed by atoms with Crippen molar-refractivity contribution >= 4 is 0 Å². The molecule has 1 aromatic heterocycles. The van der Waals surface area contributed by atoms with Gasteiger partial charge in [-0.2, -0.15) is 10.4 Å². The van der Waals surface area contributed by atoms with E-state index in [9.17, 15) is 8.78 Å². The van der Waals surface area contributed by atoms with Crippen LogP contribution in [0.4, 0.5) is 8.78 Å². The molecule has 6 nitrogen and oxygen atoms in total. The largest absolute Gasteiger partial charge is 0.494 e. The van der Waals surface area contributed by atoms with Gasteiger partial charge in [0.15, 0.2) is 11.6 Å². The van der Waals surface area contributed by atoms with Gasteiger partial charge in [-0.25, -0.2) is 13.5 Å².